The van der Waals surface area contributed by atoms with E-state index in [0.29, 0.717) is 0 Å². The number of nitrogens with one attached hydrogen (secondary N) is 1. The van der Waals surface area contributed by atoms with Gasteiger partial charge in [0.2, 0.25) is 0 Å². The Kier molecular flexibility index (Phi) is 41.9. The average Bonchev–Trinajstić information content (AvgIpc) is 3.02. The van der Waals surface area contributed by atoms with Crippen LogP contribution in [0.5, 0.6) is 0 Å². The molecule has 0 spiro atoms. The van der Waals surface area contributed by atoms with Gasteiger partial charge < -0.3 is 5.32 Å². The Morgan fingerprint density at radius 3 is 0.488 bits per heavy atom. The van der Waals surface area contributed by atoms with Gasteiger partial charge in [-0.2, -0.15) is 0 Å². The van der Waals surface area contributed by atoms with E-state index in [0.717, 1.165) is 0 Å². The second kappa shape index (κ2) is 42.0. The van der Waals surface area contributed by atoms with E-state index in [4.69, 9.17) is 0 Å². The number of hydrogen-bond donors (Lipinski definition) is 1. The average molecular weight is 606 g/mol. The van der Waals surface area contributed by atoms with Gasteiger partial charge in [0.1, 0.15) is 0 Å². The van der Waals surface area contributed by atoms with Crippen LogP contribution in [0.3, 0.4) is 0 Å². The molecule has 0 fully saturated rings. The highest BCUT2D eigenvalue weighted by atomic mass is 14.8. The van der Waals surface area contributed by atoms with Crippen molar-refractivity contribution in [3.8, 4) is 0 Å². The van der Waals surface area contributed by atoms with Gasteiger partial charge in [-0.05, 0) is 25.9 Å². The summed E-state index contributed by atoms with van der Waals surface area (Å²) in [6.07, 6.45) is 55.7. The van der Waals surface area contributed by atoms with Crippen molar-refractivity contribution in [2.75, 3.05) is 13.1 Å². The Hall–Kier alpha value is -0.0400. The Bertz CT molecular complexity index is 406. The molecule has 43 heavy (non-hydrogen) atoms. The summed E-state index contributed by atoms with van der Waals surface area (Å²) in [5.41, 5.74) is 0. The predicted octanol–water partition coefficient (Wildman–Crippen LogP) is 15.4. The Balaban J connectivity index is 3.02. The van der Waals surface area contributed by atoms with Gasteiger partial charge in [0, 0.05) is 0 Å². The maximum absolute atomic E-state index is 3.70. The van der Waals surface area contributed by atoms with Gasteiger partial charge in [0.25, 0.3) is 0 Å². The molecule has 0 amide bonds. The fourth-order valence-corrected chi connectivity index (χ4v) is 6.78. The highest BCUT2D eigenvalue weighted by Gasteiger charge is 1.97. The molecular formula is C42H87N. The number of hydrogen-bond acceptors (Lipinski definition) is 1. The van der Waals surface area contributed by atoms with Crippen LogP contribution in [-0.2, 0) is 0 Å². The van der Waals surface area contributed by atoms with Crippen molar-refractivity contribution in [3.05, 3.63) is 0 Å². The summed E-state index contributed by atoms with van der Waals surface area (Å²) in [4.78, 5) is 0. The summed E-state index contributed by atoms with van der Waals surface area (Å²) in [5, 5.41) is 3.70. The minimum atomic E-state index is 1.25. The van der Waals surface area contributed by atoms with Gasteiger partial charge in [-0.15, -0.1) is 0 Å². The Morgan fingerprint density at radius 2 is 0.326 bits per heavy atom. The molecule has 0 aliphatic carbocycles. The summed E-state index contributed by atoms with van der Waals surface area (Å²) < 4.78 is 0. The van der Waals surface area contributed by atoms with Crippen LogP contribution in [-0.4, -0.2) is 13.1 Å². The number of rotatable bonds is 40. The van der Waals surface area contributed by atoms with Crippen LogP contribution < -0.4 is 5.32 Å². The lowest BCUT2D eigenvalue weighted by molar-refractivity contribution is 0.513. The van der Waals surface area contributed by atoms with Crippen molar-refractivity contribution in [1.82, 2.24) is 5.32 Å². The first-order valence-corrected chi connectivity index (χ1v) is 21.1. The molecule has 0 aromatic carbocycles. The van der Waals surface area contributed by atoms with E-state index in [2.05, 4.69) is 19.2 Å². The maximum Gasteiger partial charge on any atom is -0.00489 e. The van der Waals surface area contributed by atoms with Crippen LogP contribution in [0, 0.1) is 0 Å². The van der Waals surface area contributed by atoms with E-state index in [9.17, 15) is 0 Å². The molecule has 0 aromatic rings. The zero-order valence-corrected chi connectivity index (χ0v) is 30.8. The molecule has 1 N–H and O–H groups in total. The van der Waals surface area contributed by atoms with E-state index in [1.807, 2.05) is 0 Å². The normalized spacial score (nSPS) is 11.6. The quantitative estimate of drug-likeness (QED) is 0.0685. The second-order valence-electron chi connectivity index (χ2n) is 14.5. The molecule has 0 saturated carbocycles. The van der Waals surface area contributed by atoms with E-state index in [1.165, 1.54) is 257 Å². The van der Waals surface area contributed by atoms with Crippen LogP contribution >= 0.6 is 0 Å². The summed E-state index contributed by atoms with van der Waals surface area (Å²) in [6, 6.07) is 0. The van der Waals surface area contributed by atoms with Crippen molar-refractivity contribution in [1.29, 1.82) is 0 Å². The third-order valence-electron chi connectivity index (χ3n) is 9.91. The molecule has 0 atom stereocenters. The van der Waals surface area contributed by atoms with Crippen molar-refractivity contribution in [3.63, 3.8) is 0 Å². The zero-order valence-electron chi connectivity index (χ0n) is 30.8. The highest BCUT2D eigenvalue weighted by Crippen LogP contribution is 2.16. The lowest BCUT2D eigenvalue weighted by atomic mass is 10.0. The van der Waals surface area contributed by atoms with Crippen LogP contribution in [0.2, 0.25) is 0 Å². The van der Waals surface area contributed by atoms with Gasteiger partial charge >= 0.3 is 0 Å². The molecule has 0 aliphatic rings. The fourth-order valence-electron chi connectivity index (χ4n) is 6.78. The molecule has 260 valence electrons. The van der Waals surface area contributed by atoms with Crippen LogP contribution in [0.25, 0.3) is 0 Å². The molecule has 0 aliphatic heterocycles. The van der Waals surface area contributed by atoms with Crippen LogP contribution in [0.1, 0.15) is 258 Å². The molecule has 0 bridgehead atoms. The number of unbranched alkanes of at least 4 members (excludes halogenated alkanes) is 36. The second-order valence-corrected chi connectivity index (χ2v) is 14.5. The third-order valence-corrected chi connectivity index (χ3v) is 9.91. The predicted molar refractivity (Wildman–Crippen MR) is 200 cm³/mol. The van der Waals surface area contributed by atoms with Crippen molar-refractivity contribution >= 4 is 0 Å². The Labute approximate surface area is 275 Å². The molecule has 0 saturated heterocycles. The SMILES string of the molecule is CCCCCCCCCCCCCCCCCCCCCCCCNCCCCCCCCCCCCCCCCCC. The zero-order chi connectivity index (χ0) is 31.0. The van der Waals surface area contributed by atoms with Crippen LogP contribution in [0.15, 0.2) is 0 Å². The van der Waals surface area contributed by atoms with E-state index in [1.54, 1.807) is 0 Å². The third kappa shape index (κ3) is 42.0. The Morgan fingerprint density at radius 1 is 0.186 bits per heavy atom. The fraction of sp³-hybridized carbons (Fsp3) is 1.00. The molecule has 0 unspecified atom stereocenters. The highest BCUT2D eigenvalue weighted by molar-refractivity contribution is 4.54. The minimum Gasteiger partial charge on any atom is -0.317 e. The lowest BCUT2D eigenvalue weighted by Crippen LogP contribution is -2.16. The van der Waals surface area contributed by atoms with Crippen molar-refractivity contribution in [2.24, 2.45) is 0 Å². The monoisotopic (exact) mass is 606 g/mol. The van der Waals surface area contributed by atoms with E-state index >= 15 is 0 Å². The molecule has 0 rings (SSSR count). The van der Waals surface area contributed by atoms with Gasteiger partial charge in [-0.25, -0.2) is 0 Å². The van der Waals surface area contributed by atoms with Gasteiger partial charge in [0.05, 0.1) is 0 Å². The van der Waals surface area contributed by atoms with E-state index < -0.39 is 0 Å². The molecule has 0 aromatic heterocycles. The smallest absolute Gasteiger partial charge is 0.00489 e. The molecule has 0 radical (unpaired) electrons. The molecule has 0 heterocycles. The summed E-state index contributed by atoms with van der Waals surface area (Å²) in [7, 11) is 0. The van der Waals surface area contributed by atoms with Gasteiger partial charge in [-0.1, -0.05) is 245 Å². The van der Waals surface area contributed by atoms with Gasteiger partial charge in [0.15, 0.2) is 0 Å². The molecule has 1 nitrogen and oxygen atoms in total. The van der Waals surface area contributed by atoms with Gasteiger partial charge in [-0.3, -0.25) is 0 Å². The largest absolute Gasteiger partial charge is 0.317 e. The molecular weight excluding hydrogens is 518 g/mol. The van der Waals surface area contributed by atoms with Crippen molar-refractivity contribution in [2.45, 2.75) is 258 Å². The maximum atomic E-state index is 3.70. The topological polar surface area (TPSA) is 12.0 Å². The standard InChI is InChI=1S/C42H87N/c1-3-5-7-9-11-13-15-17-19-21-22-23-24-25-26-28-30-32-34-36-38-40-42-43-41-39-37-35-33-31-29-27-20-18-16-14-12-10-8-6-4-2/h43H,3-42H2,1-2H3. The first-order chi connectivity index (χ1) is 21.4. The summed E-state index contributed by atoms with van der Waals surface area (Å²) in [5.74, 6) is 0. The summed E-state index contributed by atoms with van der Waals surface area (Å²) >= 11 is 0. The van der Waals surface area contributed by atoms with Crippen LogP contribution in [0.4, 0.5) is 0 Å². The summed E-state index contributed by atoms with van der Waals surface area (Å²) in [6.45, 7) is 7.11. The van der Waals surface area contributed by atoms with Crippen molar-refractivity contribution < 1.29 is 0 Å². The molecule has 1 heteroatoms. The first-order valence-electron chi connectivity index (χ1n) is 21.1. The lowest BCUT2D eigenvalue weighted by Gasteiger charge is -2.06. The first kappa shape index (κ1) is 43.0. The minimum absolute atomic E-state index is 1.25. The van der Waals surface area contributed by atoms with E-state index in [-0.39, 0.29) is 0 Å².